The van der Waals surface area contributed by atoms with Gasteiger partial charge in [-0.15, -0.1) is 0 Å². The first-order valence-electron chi connectivity index (χ1n) is 3.97. The summed E-state index contributed by atoms with van der Waals surface area (Å²) in [7, 11) is 0. The minimum Gasteiger partial charge on any atom is -0.325 e. The van der Waals surface area contributed by atoms with Gasteiger partial charge in [0, 0.05) is 5.54 Å². The number of rotatable bonds is 2. The maximum Gasteiger partial charge on any atom is 0.0170 e. The summed E-state index contributed by atoms with van der Waals surface area (Å²) >= 11 is 0. The molecule has 0 unspecified atom stereocenters. The Hall–Kier alpha value is -0.0400. The molecule has 1 heteroatoms. The molecule has 0 atom stereocenters. The summed E-state index contributed by atoms with van der Waals surface area (Å²) in [5.74, 6) is 0. The van der Waals surface area contributed by atoms with Crippen LogP contribution in [0.4, 0.5) is 0 Å². The van der Waals surface area contributed by atoms with E-state index in [4.69, 9.17) is 5.73 Å². The molecule has 3 aliphatic carbocycles. The zero-order valence-corrected chi connectivity index (χ0v) is 6.11. The van der Waals surface area contributed by atoms with Crippen LogP contribution in [-0.4, -0.2) is 5.54 Å². The summed E-state index contributed by atoms with van der Waals surface area (Å²) in [6.45, 7) is 2.27. The van der Waals surface area contributed by atoms with Crippen LogP contribution >= 0.6 is 0 Å². The van der Waals surface area contributed by atoms with Crippen molar-refractivity contribution in [3.05, 3.63) is 0 Å². The second-order valence-corrected chi connectivity index (χ2v) is 4.14. The monoisotopic (exact) mass is 125 g/mol. The normalized spacial score (nSPS) is 54.0. The molecule has 3 saturated carbocycles. The van der Waals surface area contributed by atoms with Crippen molar-refractivity contribution in [1.82, 2.24) is 0 Å². The van der Waals surface area contributed by atoms with E-state index in [-0.39, 0.29) is 0 Å². The number of hydrogen-bond donors (Lipinski definition) is 1. The molecule has 0 amide bonds. The van der Waals surface area contributed by atoms with E-state index in [1.54, 1.807) is 0 Å². The van der Waals surface area contributed by atoms with Gasteiger partial charge in [-0.3, -0.25) is 0 Å². The van der Waals surface area contributed by atoms with Crippen molar-refractivity contribution in [2.45, 2.75) is 44.6 Å². The summed E-state index contributed by atoms with van der Waals surface area (Å²) in [5, 5.41) is 0. The van der Waals surface area contributed by atoms with Gasteiger partial charge in [0.25, 0.3) is 0 Å². The molecule has 2 N–H and O–H groups in total. The molecule has 1 nitrogen and oxygen atoms in total. The molecular weight excluding hydrogens is 110 g/mol. The molecule has 0 aromatic heterocycles. The van der Waals surface area contributed by atoms with E-state index in [1.165, 1.54) is 32.1 Å². The van der Waals surface area contributed by atoms with E-state index in [0.29, 0.717) is 5.54 Å². The molecule has 9 heavy (non-hydrogen) atoms. The molecule has 0 saturated heterocycles. The lowest BCUT2D eigenvalue weighted by atomic mass is 9.39. The number of nitrogens with two attached hydrogens (primary N) is 1. The van der Waals surface area contributed by atoms with Crippen LogP contribution in [0, 0.1) is 5.41 Å². The molecule has 0 spiro atoms. The first-order chi connectivity index (χ1) is 4.18. The van der Waals surface area contributed by atoms with Gasteiger partial charge in [0.15, 0.2) is 0 Å². The topological polar surface area (TPSA) is 26.0 Å². The minimum atomic E-state index is 0.329. The van der Waals surface area contributed by atoms with Crippen molar-refractivity contribution in [2.24, 2.45) is 11.1 Å². The molecule has 3 aliphatic rings. The average Bonchev–Trinajstić information content (AvgIpc) is 1.60. The largest absolute Gasteiger partial charge is 0.325 e. The lowest BCUT2D eigenvalue weighted by Crippen LogP contribution is -2.71. The zero-order chi connectivity index (χ0) is 6.54. The predicted molar refractivity (Wildman–Crippen MR) is 38.1 cm³/mol. The van der Waals surface area contributed by atoms with Gasteiger partial charge in [0.2, 0.25) is 0 Å². The number of hydrogen-bond acceptors (Lipinski definition) is 1. The predicted octanol–water partition coefficient (Wildman–Crippen LogP) is 1.67. The van der Waals surface area contributed by atoms with Crippen LogP contribution in [0.2, 0.25) is 0 Å². The Labute approximate surface area is 56.6 Å². The quantitative estimate of drug-likeness (QED) is 0.597. The summed E-state index contributed by atoms with van der Waals surface area (Å²) < 4.78 is 0. The second kappa shape index (κ2) is 1.34. The van der Waals surface area contributed by atoms with E-state index in [1.807, 2.05) is 0 Å². The molecule has 3 rings (SSSR count). The average molecular weight is 125 g/mol. The fourth-order valence-corrected chi connectivity index (χ4v) is 2.88. The van der Waals surface area contributed by atoms with Crippen molar-refractivity contribution in [2.75, 3.05) is 0 Å². The van der Waals surface area contributed by atoms with Crippen LogP contribution in [0.25, 0.3) is 0 Å². The van der Waals surface area contributed by atoms with Crippen LogP contribution in [-0.2, 0) is 0 Å². The van der Waals surface area contributed by atoms with Crippen LogP contribution in [0.5, 0.6) is 0 Å². The van der Waals surface area contributed by atoms with Gasteiger partial charge in [-0.2, -0.15) is 0 Å². The van der Waals surface area contributed by atoms with Gasteiger partial charge in [0.1, 0.15) is 0 Å². The third-order valence-corrected chi connectivity index (χ3v) is 2.96. The van der Waals surface area contributed by atoms with Crippen molar-refractivity contribution in [3.63, 3.8) is 0 Å². The lowest BCUT2D eigenvalue weighted by molar-refractivity contribution is -0.136. The Morgan fingerprint density at radius 1 is 1.33 bits per heavy atom. The highest BCUT2D eigenvalue weighted by atomic mass is 14.9. The maximum absolute atomic E-state index is 5.90. The van der Waals surface area contributed by atoms with E-state index in [0.717, 1.165) is 5.41 Å². The Balaban J connectivity index is 1.90. The highest BCUT2D eigenvalue weighted by Crippen LogP contribution is 2.67. The van der Waals surface area contributed by atoms with Gasteiger partial charge in [-0.05, 0) is 31.1 Å². The van der Waals surface area contributed by atoms with Crippen molar-refractivity contribution in [3.8, 4) is 0 Å². The highest BCUT2D eigenvalue weighted by molar-refractivity contribution is 5.20. The van der Waals surface area contributed by atoms with Gasteiger partial charge in [-0.25, -0.2) is 0 Å². The SMILES string of the molecule is CCCC12CC(N)(C1)C2. The van der Waals surface area contributed by atoms with Gasteiger partial charge in [-0.1, -0.05) is 13.3 Å². The van der Waals surface area contributed by atoms with E-state index < -0.39 is 0 Å². The maximum atomic E-state index is 5.90. The molecule has 52 valence electrons. The minimum absolute atomic E-state index is 0.329. The fraction of sp³-hybridized carbons (Fsp3) is 1.00. The third kappa shape index (κ3) is 0.586. The van der Waals surface area contributed by atoms with Crippen LogP contribution < -0.4 is 5.73 Å². The zero-order valence-electron chi connectivity index (χ0n) is 6.11. The molecule has 3 fully saturated rings. The summed E-state index contributed by atoms with van der Waals surface area (Å²) in [6, 6.07) is 0. The third-order valence-electron chi connectivity index (χ3n) is 2.96. The van der Waals surface area contributed by atoms with Crippen molar-refractivity contribution < 1.29 is 0 Å². The van der Waals surface area contributed by atoms with E-state index in [9.17, 15) is 0 Å². The smallest absolute Gasteiger partial charge is 0.0170 e. The van der Waals surface area contributed by atoms with E-state index in [2.05, 4.69) is 6.92 Å². The Morgan fingerprint density at radius 3 is 2.22 bits per heavy atom. The van der Waals surface area contributed by atoms with Gasteiger partial charge >= 0.3 is 0 Å². The first kappa shape index (κ1) is 5.72. The van der Waals surface area contributed by atoms with Crippen molar-refractivity contribution >= 4 is 0 Å². The van der Waals surface area contributed by atoms with Crippen LogP contribution in [0.3, 0.4) is 0 Å². The standard InChI is InChI=1S/C8H15N/c1-2-3-7-4-8(9,5-7)6-7/h2-6,9H2,1H3. The molecule has 0 aliphatic heterocycles. The van der Waals surface area contributed by atoms with Gasteiger partial charge in [0.05, 0.1) is 0 Å². The fourth-order valence-electron chi connectivity index (χ4n) is 2.88. The Morgan fingerprint density at radius 2 is 1.89 bits per heavy atom. The molecular formula is C8H15N. The summed E-state index contributed by atoms with van der Waals surface area (Å²) in [6.07, 6.45) is 6.75. The Bertz CT molecular complexity index is 114. The molecule has 0 heterocycles. The first-order valence-corrected chi connectivity index (χ1v) is 3.97. The van der Waals surface area contributed by atoms with Crippen molar-refractivity contribution in [1.29, 1.82) is 0 Å². The van der Waals surface area contributed by atoms with E-state index >= 15 is 0 Å². The summed E-state index contributed by atoms with van der Waals surface area (Å²) in [5.41, 5.74) is 6.98. The Kier molecular flexibility index (Phi) is 0.852. The van der Waals surface area contributed by atoms with Crippen LogP contribution in [0.15, 0.2) is 0 Å². The molecule has 0 aromatic carbocycles. The molecule has 2 bridgehead atoms. The van der Waals surface area contributed by atoms with Crippen LogP contribution in [0.1, 0.15) is 39.0 Å². The lowest BCUT2D eigenvalue weighted by Gasteiger charge is -2.69. The highest BCUT2D eigenvalue weighted by Gasteiger charge is 2.64. The summed E-state index contributed by atoms with van der Waals surface area (Å²) in [4.78, 5) is 0. The molecule has 0 aromatic rings. The van der Waals surface area contributed by atoms with Gasteiger partial charge < -0.3 is 5.73 Å². The molecule has 0 radical (unpaired) electrons. The second-order valence-electron chi connectivity index (χ2n) is 4.14.